The zero-order valence-electron chi connectivity index (χ0n) is 12.0. The van der Waals surface area contributed by atoms with Crippen LogP contribution in [0.1, 0.15) is 25.5 Å². The van der Waals surface area contributed by atoms with E-state index in [4.69, 9.17) is 11.6 Å². The van der Waals surface area contributed by atoms with Crippen LogP contribution in [0.25, 0.3) is 0 Å². The van der Waals surface area contributed by atoms with Gasteiger partial charge in [0.15, 0.2) is 9.84 Å². The second-order valence-corrected chi connectivity index (χ2v) is 7.50. The van der Waals surface area contributed by atoms with Crippen LogP contribution in [0.3, 0.4) is 0 Å². The zero-order chi connectivity index (χ0) is 15.5. The SMILES string of the molecule is CCS(=O)(=O)c1ccc(NC(C)c2ccccc2Cl)cc1. The molecule has 0 saturated carbocycles. The summed E-state index contributed by atoms with van der Waals surface area (Å²) < 4.78 is 23.5. The molecule has 2 aromatic carbocycles. The van der Waals surface area contributed by atoms with Crippen molar-refractivity contribution >= 4 is 27.1 Å². The maximum Gasteiger partial charge on any atom is 0.178 e. The van der Waals surface area contributed by atoms with Crippen LogP contribution < -0.4 is 5.32 Å². The molecule has 0 bridgehead atoms. The summed E-state index contributed by atoms with van der Waals surface area (Å²) in [6.45, 7) is 3.65. The molecule has 0 heterocycles. The molecule has 0 saturated heterocycles. The third kappa shape index (κ3) is 3.77. The van der Waals surface area contributed by atoms with Gasteiger partial charge in [-0.1, -0.05) is 36.7 Å². The molecule has 0 aliphatic heterocycles. The molecule has 1 atom stereocenters. The van der Waals surface area contributed by atoms with Crippen LogP contribution in [0.4, 0.5) is 5.69 Å². The summed E-state index contributed by atoms with van der Waals surface area (Å²) in [6, 6.07) is 14.5. The largest absolute Gasteiger partial charge is 0.378 e. The highest BCUT2D eigenvalue weighted by atomic mass is 35.5. The van der Waals surface area contributed by atoms with Gasteiger partial charge in [0, 0.05) is 16.8 Å². The van der Waals surface area contributed by atoms with Gasteiger partial charge in [0.25, 0.3) is 0 Å². The van der Waals surface area contributed by atoms with Crippen LogP contribution in [0.2, 0.25) is 5.02 Å². The molecular formula is C16H18ClNO2S. The van der Waals surface area contributed by atoms with E-state index in [9.17, 15) is 8.42 Å². The van der Waals surface area contributed by atoms with Crippen molar-refractivity contribution in [1.82, 2.24) is 0 Å². The van der Waals surface area contributed by atoms with Gasteiger partial charge in [-0.2, -0.15) is 0 Å². The monoisotopic (exact) mass is 323 g/mol. The molecule has 0 spiro atoms. The predicted octanol–water partition coefficient (Wildman–Crippen LogP) is 4.31. The van der Waals surface area contributed by atoms with E-state index in [2.05, 4.69) is 5.32 Å². The summed E-state index contributed by atoms with van der Waals surface area (Å²) in [5.41, 5.74) is 1.86. The normalized spacial score (nSPS) is 12.9. The fourth-order valence-corrected chi connectivity index (χ4v) is 3.26. The molecule has 0 aromatic heterocycles. The first-order valence-electron chi connectivity index (χ1n) is 6.78. The van der Waals surface area contributed by atoms with Crippen molar-refractivity contribution in [2.75, 3.05) is 11.1 Å². The van der Waals surface area contributed by atoms with Crippen LogP contribution in [0.15, 0.2) is 53.4 Å². The maximum absolute atomic E-state index is 11.8. The van der Waals surface area contributed by atoms with E-state index in [1.165, 1.54) is 0 Å². The van der Waals surface area contributed by atoms with Crippen LogP contribution in [0.5, 0.6) is 0 Å². The Morgan fingerprint density at radius 1 is 1.10 bits per heavy atom. The summed E-state index contributed by atoms with van der Waals surface area (Å²) in [5, 5.41) is 4.03. The molecule has 0 radical (unpaired) electrons. The Hall–Kier alpha value is -1.52. The molecule has 0 amide bonds. The first-order chi connectivity index (χ1) is 9.94. The van der Waals surface area contributed by atoms with Crippen molar-refractivity contribution in [1.29, 1.82) is 0 Å². The van der Waals surface area contributed by atoms with Gasteiger partial charge in [-0.15, -0.1) is 0 Å². The van der Waals surface area contributed by atoms with E-state index >= 15 is 0 Å². The summed E-state index contributed by atoms with van der Waals surface area (Å²) in [4.78, 5) is 0.348. The lowest BCUT2D eigenvalue weighted by atomic mass is 10.1. The molecule has 2 aromatic rings. The van der Waals surface area contributed by atoms with E-state index in [1.54, 1.807) is 31.2 Å². The molecule has 3 nitrogen and oxygen atoms in total. The molecule has 21 heavy (non-hydrogen) atoms. The Morgan fingerprint density at radius 2 is 1.71 bits per heavy atom. The zero-order valence-corrected chi connectivity index (χ0v) is 13.6. The van der Waals surface area contributed by atoms with Crippen molar-refractivity contribution < 1.29 is 8.42 Å². The smallest absolute Gasteiger partial charge is 0.178 e. The van der Waals surface area contributed by atoms with Crippen LogP contribution in [-0.4, -0.2) is 14.2 Å². The summed E-state index contributed by atoms with van der Waals surface area (Å²) in [7, 11) is -3.15. The Kier molecular flexibility index (Phi) is 4.91. The molecule has 1 unspecified atom stereocenters. The van der Waals surface area contributed by atoms with Gasteiger partial charge in [0.05, 0.1) is 10.6 Å². The third-order valence-corrected chi connectivity index (χ3v) is 5.44. The van der Waals surface area contributed by atoms with E-state index in [-0.39, 0.29) is 11.8 Å². The van der Waals surface area contributed by atoms with Gasteiger partial charge in [0.2, 0.25) is 0 Å². The topological polar surface area (TPSA) is 46.2 Å². The highest BCUT2D eigenvalue weighted by Gasteiger charge is 2.12. The highest BCUT2D eigenvalue weighted by molar-refractivity contribution is 7.91. The number of halogens is 1. The number of anilines is 1. The van der Waals surface area contributed by atoms with Gasteiger partial charge in [0.1, 0.15) is 0 Å². The van der Waals surface area contributed by atoms with Crippen LogP contribution in [0, 0.1) is 0 Å². The predicted molar refractivity (Wildman–Crippen MR) is 87.7 cm³/mol. The lowest BCUT2D eigenvalue weighted by molar-refractivity contribution is 0.597. The molecule has 0 aliphatic carbocycles. The summed E-state index contributed by atoms with van der Waals surface area (Å²) in [6.07, 6.45) is 0. The Labute approximate surface area is 130 Å². The van der Waals surface area contributed by atoms with Crippen LogP contribution >= 0.6 is 11.6 Å². The highest BCUT2D eigenvalue weighted by Crippen LogP contribution is 2.26. The van der Waals surface area contributed by atoms with Crippen molar-refractivity contribution in [3.05, 3.63) is 59.1 Å². The number of benzene rings is 2. The minimum absolute atomic E-state index is 0.0346. The quantitative estimate of drug-likeness (QED) is 0.892. The van der Waals surface area contributed by atoms with Crippen molar-refractivity contribution in [2.24, 2.45) is 0 Å². The minimum atomic E-state index is -3.15. The molecular weight excluding hydrogens is 306 g/mol. The lowest BCUT2D eigenvalue weighted by Crippen LogP contribution is -2.08. The van der Waals surface area contributed by atoms with E-state index in [0.29, 0.717) is 9.92 Å². The molecule has 0 fully saturated rings. The van der Waals surface area contributed by atoms with Crippen molar-refractivity contribution in [2.45, 2.75) is 24.8 Å². The number of hydrogen-bond donors (Lipinski definition) is 1. The molecule has 1 N–H and O–H groups in total. The first kappa shape index (κ1) is 15.9. The molecule has 2 rings (SSSR count). The number of nitrogens with one attached hydrogen (secondary N) is 1. The van der Waals surface area contributed by atoms with E-state index in [1.807, 2.05) is 31.2 Å². The maximum atomic E-state index is 11.8. The number of hydrogen-bond acceptors (Lipinski definition) is 3. The van der Waals surface area contributed by atoms with Gasteiger partial charge < -0.3 is 5.32 Å². The molecule has 0 aliphatic rings. The first-order valence-corrected chi connectivity index (χ1v) is 8.81. The van der Waals surface area contributed by atoms with E-state index in [0.717, 1.165) is 11.3 Å². The van der Waals surface area contributed by atoms with Crippen molar-refractivity contribution in [3.8, 4) is 0 Å². The van der Waals surface area contributed by atoms with Gasteiger partial charge in [-0.25, -0.2) is 8.42 Å². The second kappa shape index (κ2) is 6.50. The number of rotatable bonds is 5. The average Bonchev–Trinajstić information content (AvgIpc) is 2.48. The molecule has 5 heteroatoms. The van der Waals surface area contributed by atoms with Crippen LogP contribution in [-0.2, 0) is 9.84 Å². The van der Waals surface area contributed by atoms with Crippen molar-refractivity contribution in [3.63, 3.8) is 0 Å². The van der Waals surface area contributed by atoms with Gasteiger partial charge >= 0.3 is 0 Å². The standard InChI is InChI=1S/C16H18ClNO2S/c1-3-21(19,20)14-10-8-13(9-11-14)18-12(2)15-6-4-5-7-16(15)17/h4-12,18H,3H2,1-2H3. The number of sulfone groups is 1. The second-order valence-electron chi connectivity index (χ2n) is 4.82. The lowest BCUT2D eigenvalue weighted by Gasteiger charge is -2.17. The Bertz CT molecular complexity index is 711. The third-order valence-electron chi connectivity index (χ3n) is 3.35. The van der Waals surface area contributed by atoms with Gasteiger partial charge in [-0.3, -0.25) is 0 Å². The summed E-state index contributed by atoms with van der Waals surface area (Å²) in [5.74, 6) is 0.107. The van der Waals surface area contributed by atoms with Gasteiger partial charge in [-0.05, 0) is 42.8 Å². The minimum Gasteiger partial charge on any atom is -0.378 e. The molecule has 112 valence electrons. The fourth-order valence-electron chi connectivity index (χ4n) is 2.08. The average molecular weight is 324 g/mol. The van der Waals surface area contributed by atoms with E-state index < -0.39 is 9.84 Å². The summed E-state index contributed by atoms with van der Waals surface area (Å²) >= 11 is 6.17. The fraction of sp³-hybridized carbons (Fsp3) is 0.250. The Balaban J connectivity index is 2.16. The Morgan fingerprint density at radius 3 is 2.29 bits per heavy atom.